The van der Waals surface area contributed by atoms with Gasteiger partial charge in [-0.3, -0.25) is 0 Å². The average molecular weight is 545 g/mol. The first-order chi connectivity index (χ1) is 17.1. The van der Waals surface area contributed by atoms with Crippen LogP contribution in [-0.4, -0.2) is 96.4 Å². The number of piperazine rings is 2. The number of anilines is 1. The number of likely N-dealkylation sites (N-methyl/N-ethyl adjacent to an activating group) is 1. The largest absolute Gasteiger partial charge is 0.495 e. The summed E-state index contributed by atoms with van der Waals surface area (Å²) in [4.78, 5) is 3.17. The van der Waals surface area contributed by atoms with Crippen molar-refractivity contribution in [2.75, 3.05) is 70.9 Å². The number of ether oxygens (including phenoxy) is 1. The minimum Gasteiger partial charge on any atom is -0.495 e. The Morgan fingerprint density at radius 3 is 1.92 bits per heavy atom. The molecule has 2 aliphatic rings. The standard InChI is InChI=1S/C23H30F2N4O5S2/c1-3-26-9-13-28(14-10-26)35(30,31)18-7-8-22(34-2)21(17-18)27-11-15-29(16-12-27)36(32,33)23-19(24)5-4-6-20(23)25/h4-8,17H,3,9-16H2,1-2H3. The maximum atomic E-state index is 14.2. The Hall–Kier alpha value is -2.32. The summed E-state index contributed by atoms with van der Waals surface area (Å²) in [6.07, 6.45) is 0. The van der Waals surface area contributed by atoms with Crippen molar-refractivity contribution < 1.29 is 30.4 Å². The topological polar surface area (TPSA) is 90.5 Å². The third kappa shape index (κ3) is 5.07. The minimum atomic E-state index is -4.38. The Bertz CT molecular complexity index is 1290. The van der Waals surface area contributed by atoms with Crippen LogP contribution in [0.5, 0.6) is 5.75 Å². The van der Waals surface area contributed by atoms with Gasteiger partial charge in [0.1, 0.15) is 17.4 Å². The van der Waals surface area contributed by atoms with Crippen LogP contribution >= 0.6 is 0 Å². The molecule has 9 nitrogen and oxygen atoms in total. The lowest BCUT2D eigenvalue weighted by Gasteiger charge is -2.36. The van der Waals surface area contributed by atoms with Gasteiger partial charge in [-0.15, -0.1) is 0 Å². The fourth-order valence-corrected chi connectivity index (χ4v) is 7.51. The fraction of sp³-hybridized carbons (Fsp3) is 0.478. The normalized spacial score (nSPS) is 18.9. The van der Waals surface area contributed by atoms with Crippen LogP contribution in [0.3, 0.4) is 0 Å². The predicted molar refractivity (Wildman–Crippen MR) is 131 cm³/mol. The third-order valence-electron chi connectivity index (χ3n) is 6.66. The molecular weight excluding hydrogens is 514 g/mol. The zero-order valence-corrected chi connectivity index (χ0v) is 21.9. The summed E-state index contributed by atoms with van der Waals surface area (Å²) < 4.78 is 88.7. The minimum absolute atomic E-state index is 0.0325. The van der Waals surface area contributed by atoms with Gasteiger partial charge in [-0.2, -0.15) is 8.61 Å². The smallest absolute Gasteiger partial charge is 0.249 e. The van der Waals surface area contributed by atoms with Crippen molar-refractivity contribution in [1.82, 2.24) is 13.5 Å². The second kappa shape index (κ2) is 10.6. The molecule has 2 aliphatic heterocycles. The number of nitrogens with zero attached hydrogens (tertiary/aromatic N) is 4. The first-order valence-corrected chi connectivity index (χ1v) is 14.6. The predicted octanol–water partition coefficient (Wildman–Crippen LogP) is 1.81. The van der Waals surface area contributed by atoms with E-state index in [9.17, 15) is 25.6 Å². The monoisotopic (exact) mass is 544 g/mol. The van der Waals surface area contributed by atoms with Crippen molar-refractivity contribution in [2.45, 2.75) is 16.7 Å². The van der Waals surface area contributed by atoms with E-state index in [1.165, 1.54) is 17.5 Å². The molecule has 0 N–H and O–H groups in total. The van der Waals surface area contributed by atoms with Crippen LogP contribution in [0.1, 0.15) is 6.92 Å². The van der Waals surface area contributed by atoms with E-state index in [2.05, 4.69) is 4.90 Å². The molecule has 198 valence electrons. The maximum Gasteiger partial charge on any atom is 0.249 e. The molecule has 13 heteroatoms. The van der Waals surface area contributed by atoms with Crippen LogP contribution in [0, 0.1) is 11.6 Å². The number of halogens is 2. The van der Waals surface area contributed by atoms with Crippen molar-refractivity contribution >= 4 is 25.7 Å². The number of methoxy groups -OCH3 is 1. The highest BCUT2D eigenvalue weighted by Crippen LogP contribution is 2.34. The lowest BCUT2D eigenvalue weighted by molar-refractivity contribution is 0.196. The molecule has 2 saturated heterocycles. The summed E-state index contributed by atoms with van der Waals surface area (Å²) in [6.45, 7) is 5.35. The highest BCUT2D eigenvalue weighted by Gasteiger charge is 2.34. The van der Waals surface area contributed by atoms with Gasteiger partial charge in [0.05, 0.1) is 17.7 Å². The SMILES string of the molecule is CCN1CCN(S(=O)(=O)c2ccc(OC)c(N3CCN(S(=O)(=O)c4c(F)cccc4F)CC3)c2)CC1. The summed E-state index contributed by atoms with van der Waals surface area (Å²) in [7, 11) is -6.63. The van der Waals surface area contributed by atoms with E-state index < -0.39 is 36.6 Å². The number of hydrogen-bond acceptors (Lipinski definition) is 7. The Morgan fingerprint density at radius 1 is 0.806 bits per heavy atom. The van der Waals surface area contributed by atoms with Gasteiger partial charge in [0.25, 0.3) is 0 Å². The van der Waals surface area contributed by atoms with Gasteiger partial charge in [-0.05, 0) is 36.9 Å². The van der Waals surface area contributed by atoms with Crippen LogP contribution in [0.2, 0.25) is 0 Å². The Morgan fingerprint density at radius 2 is 1.36 bits per heavy atom. The van der Waals surface area contributed by atoms with Gasteiger partial charge in [0, 0.05) is 52.4 Å². The van der Waals surface area contributed by atoms with E-state index in [-0.39, 0.29) is 31.1 Å². The zero-order chi connectivity index (χ0) is 26.1. The molecule has 0 amide bonds. The quantitative estimate of drug-likeness (QED) is 0.525. The van der Waals surface area contributed by atoms with Crippen molar-refractivity contribution in [3.8, 4) is 5.75 Å². The van der Waals surface area contributed by atoms with Gasteiger partial charge >= 0.3 is 0 Å². The van der Waals surface area contributed by atoms with Crippen LogP contribution in [0.25, 0.3) is 0 Å². The first kappa shape index (κ1) is 26.7. The van der Waals surface area contributed by atoms with Crippen molar-refractivity contribution in [2.24, 2.45) is 0 Å². The van der Waals surface area contributed by atoms with Gasteiger partial charge in [0.15, 0.2) is 4.90 Å². The van der Waals surface area contributed by atoms with E-state index in [1.807, 2.05) is 11.8 Å². The second-order valence-corrected chi connectivity index (χ2v) is 12.4. The van der Waals surface area contributed by atoms with Gasteiger partial charge in [-0.25, -0.2) is 25.6 Å². The van der Waals surface area contributed by atoms with Crippen LogP contribution in [-0.2, 0) is 20.0 Å². The highest BCUT2D eigenvalue weighted by atomic mass is 32.2. The molecule has 0 saturated carbocycles. The first-order valence-electron chi connectivity index (χ1n) is 11.7. The molecule has 2 heterocycles. The van der Waals surface area contributed by atoms with Gasteiger partial charge < -0.3 is 14.5 Å². The van der Waals surface area contributed by atoms with Crippen molar-refractivity contribution in [3.05, 3.63) is 48.0 Å². The van der Waals surface area contributed by atoms with Gasteiger partial charge in [0.2, 0.25) is 20.0 Å². The summed E-state index contributed by atoms with van der Waals surface area (Å²) in [6, 6.07) is 7.56. The molecule has 0 bridgehead atoms. The third-order valence-corrected chi connectivity index (χ3v) is 10.5. The summed E-state index contributed by atoms with van der Waals surface area (Å²) >= 11 is 0. The van der Waals surface area contributed by atoms with Gasteiger partial charge in [-0.1, -0.05) is 13.0 Å². The molecule has 0 radical (unpaired) electrons. The van der Waals surface area contributed by atoms with Crippen LogP contribution in [0.4, 0.5) is 14.5 Å². The molecule has 0 atom stereocenters. The number of hydrogen-bond donors (Lipinski definition) is 0. The molecular formula is C23H30F2N4O5S2. The van der Waals surface area contributed by atoms with E-state index >= 15 is 0 Å². The summed E-state index contributed by atoms with van der Waals surface area (Å²) in [5.74, 6) is -1.84. The molecule has 2 aromatic rings. The second-order valence-electron chi connectivity index (χ2n) is 8.61. The fourth-order valence-electron chi connectivity index (χ4n) is 4.54. The molecule has 0 spiro atoms. The van der Waals surface area contributed by atoms with Crippen LogP contribution < -0.4 is 9.64 Å². The summed E-state index contributed by atoms with van der Waals surface area (Å²) in [5.41, 5.74) is 0.514. The molecule has 4 rings (SSSR count). The zero-order valence-electron chi connectivity index (χ0n) is 20.2. The van der Waals surface area contributed by atoms with E-state index in [0.29, 0.717) is 37.6 Å². The lowest BCUT2D eigenvalue weighted by atomic mass is 10.2. The van der Waals surface area contributed by atoms with Crippen molar-refractivity contribution in [1.29, 1.82) is 0 Å². The molecule has 0 aliphatic carbocycles. The molecule has 0 aromatic heterocycles. The van der Waals surface area contributed by atoms with Crippen LogP contribution in [0.15, 0.2) is 46.2 Å². The number of benzene rings is 2. The van der Waals surface area contributed by atoms with Crippen molar-refractivity contribution in [3.63, 3.8) is 0 Å². The van der Waals surface area contributed by atoms with E-state index in [0.717, 1.165) is 29.0 Å². The Labute approximate surface area is 210 Å². The summed E-state index contributed by atoms with van der Waals surface area (Å²) in [5, 5.41) is 0. The molecule has 36 heavy (non-hydrogen) atoms. The average Bonchev–Trinajstić information content (AvgIpc) is 2.88. The Balaban J connectivity index is 1.54. The highest BCUT2D eigenvalue weighted by molar-refractivity contribution is 7.89. The Kier molecular flexibility index (Phi) is 7.86. The lowest BCUT2D eigenvalue weighted by Crippen LogP contribution is -2.49. The number of sulfonamides is 2. The number of rotatable bonds is 7. The maximum absolute atomic E-state index is 14.2. The van der Waals surface area contributed by atoms with E-state index in [4.69, 9.17) is 4.74 Å². The van der Waals surface area contributed by atoms with E-state index in [1.54, 1.807) is 12.1 Å². The molecule has 2 fully saturated rings. The molecule has 2 aromatic carbocycles. The molecule has 0 unspecified atom stereocenters.